The SMILES string of the molecule is CSCC[C@@H](NC(=O)Nc1nnn(C)n1)C(=O)O. The first-order valence-corrected chi connectivity index (χ1v) is 6.45. The maximum atomic E-state index is 11.5. The Labute approximate surface area is 107 Å². The average molecular weight is 274 g/mol. The standard InChI is InChI=1S/C8H14N6O3S/c1-14-12-7(11-13-14)10-8(17)9-5(6(15)16)3-4-18-2/h5H,3-4H2,1-2H3,(H,15,16)(H2,9,10,12,17)/t5-/m1/s1. The van der Waals surface area contributed by atoms with Crippen LogP contribution in [0.15, 0.2) is 0 Å². The third kappa shape index (κ3) is 4.57. The topological polar surface area (TPSA) is 122 Å². The summed E-state index contributed by atoms with van der Waals surface area (Å²) in [5, 5.41) is 24.4. The number of carboxylic acids is 1. The van der Waals surface area contributed by atoms with Crippen molar-refractivity contribution in [1.82, 2.24) is 25.5 Å². The van der Waals surface area contributed by atoms with Crippen LogP contribution in [0.3, 0.4) is 0 Å². The molecule has 0 aliphatic rings. The largest absolute Gasteiger partial charge is 0.480 e. The minimum atomic E-state index is -1.08. The van der Waals surface area contributed by atoms with E-state index in [1.807, 2.05) is 6.26 Å². The molecule has 1 heterocycles. The highest BCUT2D eigenvalue weighted by Gasteiger charge is 2.19. The summed E-state index contributed by atoms with van der Waals surface area (Å²) in [5.41, 5.74) is 0. The van der Waals surface area contributed by atoms with Gasteiger partial charge < -0.3 is 10.4 Å². The Morgan fingerprint density at radius 2 is 2.28 bits per heavy atom. The number of carboxylic acid groups (broad SMARTS) is 1. The van der Waals surface area contributed by atoms with Gasteiger partial charge in [-0.05, 0) is 23.6 Å². The molecular formula is C8H14N6O3S. The van der Waals surface area contributed by atoms with Crippen LogP contribution in [0.5, 0.6) is 0 Å². The van der Waals surface area contributed by atoms with Crippen LogP contribution in [0.2, 0.25) is 0 Å². The first-order valence-electron chi connectivity index (χ1n) is 5.06. The van der Waals surface area contributed by atoms with Crippen molar-refractivity contribution >= 4 is 29.7 Å². The number of aliphatic carboxylic acids is 1. The molecule has 0 aliphatic heterocycles. The zero-order chi connectivity index (χ0) is 13.5. The monoisotopic (exact) mass is 274 g/mol. The van der Waals surface area contributed by atoms with Gasteiger partial charge in [-0.2, -0.15) is 16.6 Å². The smallest absolute Gasteiger partial charge is 0.326 e. The minimum Gasteiger partial charge on any atom is -0.480 e. The van der Waals surface area contributed by atoms with Crippen LogP contribution < -0.4 is 10.6 Å². The number of thioether (sulfide) groups is 1. The second-order valence-electron chi connectivity index (χ2n) is 3.37. The van der Waals surface area contributed by atoms with Crippen molar-refractivity contribution in [2.75, 3.05) is 17.3 Å². The predicted molar refractivity (Wildman–Crippen MR) is 65.4 cm³/mol. The van der Waals surface area contributed by atoms with E-state index in [9.17, 15) is 9.59 Å². The van der Waals surface area contributed by atoms with E-state index in [1.165, 1.54) is 16.6 Å². The van der Waals surface area contributed by atoms with Crippen molar-refractivity contribution in [2.45, 2.75) is 12.5 Å². The maximum absolute atomic E-state index is 11.5. The third-order valence-corrected chi connectivity index (χ3v) is 2.59. The number of carbonyl (C=O) groups excluding carboxylic acids is 1. The summed E-state index contributed by atoms with van der Waals surface area (Å²) in [7, 11) is 1.55. The Morgan fingerprint density at radius 3 is 2.78 bits per heavy atom. The van der Waals surface area contributed by atoms with Crippen LogP contribution in [0.25, 0.3) is 0 Å². The van der Waals surface area contributed by atoms with E-state index in [2.05, 4.69) is 26.0 Å². The molecule has 0 fully saturated rings. The first kappa shape index (κ1) is 14.2. The number of aryl methyl sites for hydroxylation is 1. The molecule has 2 amide bonds. The van der Waals surface area contributed by atoms with Gasteiger partial charge in [0.05, 0.1) is 7.05 Å². The van der Waals surface area contributed by atoms with Crippen molar-refractivity contribution in [3.63, 3.8) is 0 Å². The van der Waals surface area contributed by atoms with Crippen LogP contribution in [-0.4, -0.2) is 55.4 Å². The Hall–Kier alpha value is -1.84. The molecule has 18 heavy (non-hydrogen) atoms. The molecule has 1 atom stereocenters. The fourth-order valence-electron chi connectivity index (χ4n) is 1.12. The number of nitrogens with one attached hydrogen (secondary N) is 2. The lowest BCUT2D eigenvalue weighted by Crippen LogP contribution is -2.43. The van der Waals surface area contributed by atoms with Crippen molar-refractivity contribution in [2.24, 2.45) is 7.05 Å². The number of tetrazole rings is 1. The maximum Gasteiger partial charge on any atom is 0.326 e. The molecule has 1 aromatic rings. The van der Waals surface area contributed by atoms with Gasteiger partial charge in [0.2, 0.25) is 0 Å². The Balaban J connectivity index is 2.48. The lowest BCUT2D eigenvalue weighted by Gasteiger charge is -2.13. The normalized spacial score (nSPS) is 11.9. The van der Waals surface area contributed by atoms with E-state index < -0.39 is 18.0 Å². The number of hydrogen-bond acceptors (Lipinski definition) is 6. The van der Waals surface area contributed by atoms with Crippen LogP contribution in [0, 0.1) is 0 Å². The van der Waals surface area contributed by atoms with Crippen LogP contribution >= 0.6 is 11.8 Å². The molecule has 100 valence electrons. The summed E-state index contributed by atoms with van der Waals surface area (Å²) in [6, 6.07) is -1.61. The number of hydrogen-bond donors (Lipinski definition) is 3. The summed E-state index contributed by atoms with van der Waals surface area (Å²) in [6.45, 7) is 0. The Bertz CT molecular complexity index is 423. The van der Waals surface area contributed by atoms with Crippen LogP contribution in [0.4, 0.5) is 10.7 Å². The lowest BCUT2D eigenvalue weighted by atomic mass is 10.2. The van der Waals surface area contributed by atoms with Gasteiger partial charge >= 0.3 is 12.0 Å². The summed E-state index contributed by atoms with van der Waals surface area (Å²) in [6.07, 6.45) is 2.21. The minimum absolute atomic E-state index is 0.0176. The number of carbonyl (C=O) groups is 2. The predicted octanol–water partition coefficient (Wildman–Crippen LogP) is -0.462. The van der Waals surface area contributed by atoms with Crippen LogP contribution in [-0.2, 0) is 11.8 Å². The highest BCUT2D eigenvalue weighted by atomic mass is 32.2. The summed E-state index contributed by atoms with van der Waals surface area (Å²) >= 11 is 1.51. The molecule has 0 aliphatic carbocycles. The quantitative estimate of drug-likeness (QED) is 0.641. The van der Waals surface area contributed by atoms with Gasteiger partial charge in [-0.25, -0.2) is 9.59 Å². The molecule has 10 heteroatoms. The molecule has 0 spiro atoms. The number of urea groups is 1. The van der Waals surface area contributed by atoms with Gasteiger partial charge in [-0.1, -0.05) is 5.10 Å². The second-order valence-corrected chi connectivity index (χ2v) is 4.36. The zero-order valence-corrected chi connectivity index (χ0v) is 10.8. The molecule has 0 radical (unpaired) electrons. The van der Waals surface area contributed by atoms with E-state index in [0.29, 0.717) is 12.2 Å². The van der Waals surface area contributed by atoms with Gasteiger partial charge in [-0.3, -0.25) is 5.32 Å². The van der Waals surface area contributed by atoms with E-state index in [1.54, 1.807) is 7.05 Å². The third-order valence-electron chi connectivity index (χ3n) is 1.95. The zero-order valence-electron chi connectivity index (χ0n) is 9.95. The highest BCUT2D eigenvalue weighted by molar-refractivity contribution is 7.98. The highest BCUT2D eigenvalue weighted by Crippen LogP contribution is 2.01. The van der Waals surface area contributed by atoms with Gasteiger partial charge in [0.1, 0.15) is 6.04 Å². The van der Waals surface area contributed by atoms with Gasteiger partial charge in [0.25, 0.3) is 5.95 Å². The molecule has 1 aromatic heterocycles. The number of anilines is 1. The van der Waals surface area contributed by atoms with Crippen LogP contribution in [0.1, 0.15) is 6.42 Å². The van der Waals surface area contributed by atoms with Gasteiger partial charge in [0, 0.05) is 0 Å². The molecule has 0 aromatic carbocycles. The molecule has 0 bridgehead atoms. The number of nitrogens with zero attached hydrogens (tertiary/aromatic N) is 4. The van der Waals surface area contributed by atoms with Gasteiger partial charge in [0.15, 0.2) is 0 Å². The summed E-state index contributed by atoms with van der Waals surface area (Å²) in [5.74, 6) is -0.420. The van der Waals surface area contributed by atoms with Crippen molar-refractivity contribution < 1.29 is 14.7 Å². The molecular weight excluding hydrogens is 260 g/mol. The van der Waals surface area contributed by atoms with Crippen molar-refractivity contribution in [3.8, 4) is 0 Å². The molecule has 0 unspecified atom stereocenters. The average Bonchev–Trinajstić information content (AvgIpc) is 2.69. The Kier molecular flexibility index (Phi) is 5.36. The number of aromatic nitrogens is 4. The van der Waals surface area contributed by atoms with Gasteiger partial charge in [-0.15, -0.1) is 5.10 Å². The van der Waals surface area contributed by atoms with Crippen molar-refractivity contribution in [3.05, 3.63) is 0 Å². The molecule has 9 nitrogen and oxygen atoms in total. The molecule has 1 rings (SSSR count). The van der Waals surface area contributed by atoms with E-state index >= 15 is 0 Å². The van der Waals surface area contributed by atoms with Crippen molar-refractivity contribution in [1.29, 1.82) is 0 Å². The lowest BCUT2D eigenvalue weighted by molar-refractivity contribution is -0.139. The fourth-order valence-corrected chi connectivity index (χ4v) is 1.59. The van der Waals surface area contributed by atoms with E-state index in [4.69, 9.17) is 5.11 Å². The van der Waals surface area contributed by atoms with E-state index in [0.717, 1.165) is 0 Å². The Morgan fingerprint density at radius 1 is 1.56 bits per heavy atom. The molecule has 3 N–H and O–H groups in total. The van der Waals surface area contributed by atoms with E-state index in [-0.39, 0.29) is 5.95 Å². The number of amides is 2. The second kappa shape index (κ2) is 6.79. The first-order chi connectivity index (χ1) is 8.52. The molecule has 0 saturated heterocycles. The summed E-state index contributed by atoms with van der Waals surface area (Å²) in [4.78, 5) is 23.6. The summed E-state index contributed by atoms with van der Waals surface area (Å²) < 4.78 is 0. The fraction of sp³-hybridized carbons (Fsp3) is 0.625. The number of rotatable bonds is 6. The molecule has 0 saturated carbocycles.